The van der Waals surface area contributed by atoms with Crippen LogP contribution in [-0.4, -0.2) is 26.7 Å². The molecule has 0 fully saturated rings. The third kappa shape index (κ3) is 3.41. The predicted molar refractivity (Wildman–Crippen MR) is 92.3 cm³/mol. The van der Waals surface area contributed by atoms with E-state index in [-0.39, 0.29) is 11.8 Å². The number of rotatable bonds is 4. The predicted octanol–water partition coefficient (Wildman–Crippen LogP) is 3.55. The summed E-state index contributed by atoms with van der Waals surface area (Å²) in [6, 6.07) is 10.8. The van der Waals surface area contributed by atoms with Gasteiger partial charge >= 0.3 is 0 Å². The van der Waals surface area contributed by atoms with E-state index < -0.39 is 0 Å². The minimum absolute atomic E-state index is 0.107. The molecule has 0 saturated carbocycles. The molecule has 0 unspecified atom stereocenters. The van der Waals surface area contributed by atoms with E-state index in [9.17, 15) is 4.79 Å². The van der Waals surface area contributed by atoms with Crippen LogP contribution in [0.2, 0.25) is 5.02 Å². The Morgan fingerprint density at radius 2 is 2.04 bits per heavy atom. The van der Waals surface area contributed by atoms with Crippen LogP contribution >= 0.6 is 11.6 Å². The van der Waals surface area contributed by atoms with Crippen molar-refractivity contribution >= 4 is 23.2 Å². The van der Waals surface area contributed by atoms with Gasteiger partial charge < -0.3 is 19.5 Å². The largest absolute Gasteiger partial charge is 0.497 e. The molecular weight excluding hydrogens is 330 g/mol. The molecule has 1 heterocycles. The lowest BCUT2D eigenvalue weighted by Gasteiger charge is -2.25. The SMILES string of the molecule is COc1ccc2c(c1)C[C@@H](C(=O)Nc1ccc(OC)c(Cl)c1)CO2. The minimum atomic E-state index is -0.273. The molecule has 0 radical (unpaired) electrons. The summed E-state index contributed by atoms with van der Waals surface area (Å²) < 4.78 is 16.0. The maximum atomic E-state index is 12.5. The second-order valence-corrected chi connectivity index (χ2v) is 5.93. The Bertz CT molecular complexity index is 763. The van der Waals surface area contributed by atoms with Crippen LogP contribution in [0.4, 0.5) is 5.69 Å². The number of hydrogen-bond acceptors (Lipinski definition) is 4. The Morgan fingerprint density at radius 3 is 2.75 bits per heavy atom. The molecule has 1 atom stereocenters. The summed E-state index contributed by atoms with van der Waals surface area (Å²) in [6.45, 7) is 0.342. The number of anilines is 1. The summed E-state index contributed by atoms with van der Waals surface area (Å²) >= 11 is 6.08. The minimum Gasteiger partial charge on any atom is -0.497 e. The molecule has 126 valence electrons. The van der Waals surface area contributed by atoms with E-state index in [1.54, 1.807) is 32.4 Å². The molecule has 0 aromatic heterocycles. The van der Waals surface area contributed by atoms with E-state index in [1.165, 1.54) is 0 Å². The third-order valence-electron chi connectivity index (χ3n) is 3.96. The topological polar surface area (TPSA) is 56.8 Å². The van der Waals surface area contributed by atoms with Crippen LogP contribution in [-0.2, 0) is 11.2 Å². The molecule has 0 saturated heterocycles. The average molecular weight is 348 g/mol. The highest BCUT2D eigenvalue weighted by Gasteiger charge is 2.26. The highest BCUT2D eigenvalue weighted by atomic mass is 35.5. The van der Waals surface area contributed by atoms with E-state index in [0.29, 0.717) is 29.5 Å². The van der Waals surface area contributed by atoms with E-state index in [2.05, 4.69) is 5.32 Å². The number of methoxy groups -OCH3 is 2. The van der Waals surface area contributed by atoms with Gasteiger partial charge in [0.25, 0.3) is 0 Å². The first-order valence-electron chi connectivity index (χ1n) is 7.55. The first kappa shape index (κ1) is 16.5. The van der Waals surface area contributed by atoms with Crippen molar-refractivity contribution < 1.29 is 19.0 Å². The number of amides is 1. The number of fused-ring (bicyclic) bond motifs is 1. The van der Waals surface area contributed by atoms with Gasteiger partial charge in [-0.05, 0) is 48.4 Å². The van der Waals surface area contributed by atoms with E-state index >= 15 is 0 Å². The molecule has 1 aliphatic heterocycles. The fourth-order valence-corrected chi connectivity index (χ4v) is 2.91. The Morgan fingerprint density at radius 1 is 1.21 bits per heavy atom. The summed E-state index contributed by atoms with van der Waals surface area (Å²) in [5, 5.41) is 3.32. The van der Waals surface area contributed by atoms with Crippen LogP contribution in [0.1, 0.15) is 5.56 Å². The maximum Gasteiger partial charge on any atom is 0.231 e. The summed E-state index contributed by atoms with van der Waals surface area (Å²) in [7, 11) is 3.16. The fraction of sp³-hybridized carbons (Fsp3) is 0.278. The fourth-order valence-electron chi connectivity index (χ4n) is 2.65. The molecule has 0 spiro atoms. The van der Waals surface area contributed by atoms with Crippen molar-refractivity contribution in [2.75, 3.05) is 26.1 Å². The van der Waals surface area contributed by atoms with Crippen molar-refractivity contribution in [1.29, 1.82) is 0 Å². The van der Waals surface area contributed by atoms with Crippen molar-refractivity contribution in [2.45, 2.75) is 6.42 Å². The van der Waals surface area contributed by atoms with Gasteiger partial charge in [0.2, 0.25) is 5.91 Å². The lowest BCUT2D eigenvalue weighted by atomic mass is 9.95. The molecule has 2 aromatic carbocycles. The Kier molecular flexibility index (Phi) is 4.81. The number of carbonyl (C=O) groups is 1. The van der Waals surface area contributed by atoms with Gasteiger partial charge in [-0.15, -0.1) is 0 Å². The molecule has 24 heavy (non-hydrogen) atoms. The quantitative estimate of drug-likeness (QED) is 0.919. The van der Waals surface area contributed by atoms with Crippen molar-refractivity contribution in [3.8, 4) is 17.2 Å². The highest BCUT2D eigenvalue weighted by Crippen LogP contribution is 2.32. The van der Waals surface area contributed by atoms with E-state index in [1.807, 2.05) is 18.2 Å². The van der Waals surface area contributed by atoms with Crippen LogP contribution in [0, 0.1) is 5.92 Å². The van der Waals surface area contributed by atoms with Crippen LogP contribution in [0.15, 0.2) is 36.4 Å². The number of carbonyl (C=O) groups excluding carboxylic acids is 1. The Labute approximate surface area is 145 Å². The number of hydrogen-bond donors (Lipinski definition) is 1. The lowest BCUT2D eigenvalue weighted by molar-refractivity contribution is -0.121. The molecule has 0 aliphatic carbocycles. The van der Waals surface area contributed by atoms with Gasteiger partial charge in [0.15, 0.2) is 0 Å². The van der Waals surface area contributed by atoms with Crippen LogP contribution in [0.5, 0.6) is 17.2 Å². The molecule has 2 aromatic rings. The van der Waals surface area contributed by atoms with Crippen LogP contribution in [0.25, 0.3) is 0 Å². The number of ether oxygens (including phenoxy) is 3. The summed E-state index contributed by atoms with van der Waals surface area (Å²) in [4.78, 5) is 12.5. The molecule has 1 N–H and O–H groups in total. The molecule has 6 heteroatoms. The monoisotopic (exact) mass is 347 g/mol. The van der Waals surface area contributed by atoms with Gasteiger partial charge in [-0.25, -0.2) is 0 Å². The molecule has 5 nitrogen and oxygen atoms in total. The Hall–Kier alpha value is -2.40. The van der Waals surface area contributed by atoms with Gasteiger partial charge in [0.05, 0.1) is 25.2 Å². The second-order valence-electron chi connectivity index (χ2n) is 5.52. The zero-order chi connectivity index (χ0) is 17.1. The standard InChI is InChI=1S/C18H18ClNO4/c1-22-14-4-6-16-11(8-14)7-12(10-24-16)18(21)20-13-3-5-17(23-2)15(19)9-13/h3-6,8-9,12H,7,10H2,1-2H3,(H,20,21)/t12-/m1/s1. The smallest absolute Gasteiger partial charge is 0.231 e. The van der Waals surface area contributed by atoms with Gasteiger partial charge in [0, 0.05) is 5.69 Å². The Balaban J connectivity index is 1.70. The first-order chi connectivity index (χ1) is 11.6. The van der Waals surface area contributed by atoms with Crippen molar-refractivity contribution in [2.24, 2.45) is 5.92 Å². The van der Waals surface area contributed by atoms with Gasteiger partial charge in [-0.1, -0.05) is 11.6 Å². The van der Waals surface area contributed by atoms with Crippen molar-refractivity contribution in [1.82, 2.24) is 0 Å². The molecule has 1 aliphatic rings. The molecule has 0 bridgehead atoms. The van der Waals surface area contributed by atoms with Gasteiger partial charge in [-0.3, -0.25) is 4.79 Å². The number of nitrogens with one attached hydrogen (secondary N) is 1. The summed E-state index contributed by atoms with van der Waals surface area (Å²) in [5.41, 5.74) is 1.59. The summed E-state index contributed by atoms with van der Waals surface area (Å²) in [5.74, 6) is 1.74. The van der Waals surface area contributed by atoms with Crippen molar-refractivity contribution in [3.63, 3.8) is 0 Å². The average Bonchev–Trinajstić information content (AvgIpc) is 2.60. The normalized spacial score (nSPS) is 15.9. The maximum absolute atomic E-state index is 12.5. The second kappa shape index (κ2) is 7.01. The number of halogens is 1. The lowest BCUT2D eigenvalue weighted by Crippen LogP contribution is -2.32. The number of benzene rings is 2. The molecule has 1 amide bonds. The van der Waals surface area contributed by atoms with Gasteiger partial charge in [0.1, 0.15) is 23.9 Å². The zero-order valence-corrected chi connectivity index (χ0v) is 14.2. The van der Waals surface area contributed by atoms with Crippen molar-refractivity contribution in [3.05, 3.63) is 47.0 Å². The molecule has 3 rings (SSSR count). The molecular formula is C18H18ClNO4. The zero-order valence-electron chi connectivity index (χ0n) is 13.5. The van der Waals surface area contributed by atoms with Crippen LogP contribution in [0.3, 0.4) is 0 Å². The van der Waals surface area contributed by atoms with Crippen LogP contribution < -0.4 is 19.5 Å². The third-order valence-corrected chi connectivity index (χ3v) is 4.26. The first-order valence-corrected chi connectivity index (χ1v) is 7.92. The van der Waals surface area contributed by atoms with E-state index in [0.717, 1.165) is 17.1 Å². The summed E-state index contributed by atoms with van der Waals surface area (Å²) in [6.07, 6.45) is 0.599. The van der Waals surface area contributed by atoms with E-state index in [4.69, 9.17) is 25.8 Å². The van der Waals surface area contributed by atoms with Gasteiger partial charge in [-0.2, -0.15) is 0 Å². The highest BCUT2D eigenvalue weighted by molar-refractivity contribution is 6.32.